The molecule has 1 spiro atoms. The molecular formula is C48H28N2S. The number of aromatic nitrogens is 2. The van der Waals surface area contributed by atoms with E-state index in [4.69, 9.17) is 4.98 Å². The van der Waals surface area contributed by atoms with E-state index in [2.05, 4.69) is 174 Å². The molecule has 10 aromatic rings. The van der Waals surface area contributed by atoms with Crippen molar-refractivity contribution in [2.45, 2.75) is 5.41 Å². The molecule has 0 N–H and O–H groups in total. The van der Waals surface area contributed by atoms with Gasteiger partial charge >= 0.3 is 0 Å². The third-order valence-electron chi connectivity index (χ3n) is 11.5. The largest absolute Gasteiger partial charge is 0.309 e. The van der Waals surface area contributed by atoms with Crippen LogP contribution in [-0.2, 0) is 5.41 Å². The quantitative estimate of drug-likeness (QED) is 0.180. The first-order valence-corrected chi connectivity index (χ1v) is 18.4. The number of benzene rings is 8. The van der Waals surface area contributed by atoms with E-state index in [0.29, 0.717) is 0 Å². The molecule has 3 heteroatoms. The van der Waals surface area contributed by atoms with Crippen LogP contribution < -0.4 is 0 Å². The highest BCUT2D eigenvalue weighted by atomic mass is 32.1. The van der Waals surface area contributed by atoms with Crippen LogP contribution in [0.15, 0.2) is 170 Å². The second-order valence-electron chi connectivity index (χ2n) is 13.8. The zero-order chi connectivity index (χ0) is 33.3. The summed E-state index contributed by atoms with van der Waals surface area (Å²) in [7, 11) is 0. The molecule has 0 unspecified atom stereocenters. The molecule has 236 valence electrons. The fourth-order valence-corrected chi connectivity index (χ4v) is 10.5. The van der Waals surface area contributed by atoms with Gasteiger partial charge in [-0.15, -0.1) is 11.3 Å². The lowest BCUT2D eigenvalue weighted by Crippen LogP contribution is -2.25. The summed E-state index contributed by atoms with van der Waals surface area (Å²) in [4.78, 5) is 5.06. The van der Waals surface area contributed by atoms with Crippen LogP contribution in [0.3, 0.4) is 0 Å². The van der Waals surface area contributed by atoms with Crippen LogP contribution in [0.1, 0.15) is 22.3 Å². The van der Waals surface area contributed by atoms with E-state index in [-0.39, 0.29) is 5.41 Å². The lowest BCUT2D eigenvalue weighted by atomic mass is 9.70. The van der Waals surface area contributed by atoms with Gasteiger partial charge in [0.25, 0.3) is 0 Å². The minimum Gasteiger partial charge on any atom is -0.309 e. The minimum absolute atomic E-state index is 0.373. The first-order chi connectivity index (χ1) is 25.3. The highest BCUT2D eigenvalue weighted by Crippen LogP contribution is 2.63. The summed E-state index contributed by atoms with van der Waals surface area (Å²) in [5.41, 5.74) is 16.2. The number of fused-ring (bicyclic) bond motifs is 15. The molecule has 0 saturated heterocycles. The smallest absolute Gasteiger partial charge is 0.125 e. The molecule has 0 amide bonds. The SMILES string of the molecule is c1ccc2c(c1)-c1ccccc1C21c2ccccc2-c2cc3c(cc21)c1ccccc1n3-c1ccc(-c2nc3ccccc3s2)c2ccccc12. The number of hydrogen-bond acceptors (Lipinski definition) is 2. The highest BCUT2D eigenvalue weighted by molar-refractivity contribution is 7.21. The second kappa shape index (κ2) is 9.91. The van der Waals surface area contributed by atoms with Crippen molar-refractivity contribution in [2.24, 2.45) is 0 Å². The Morgan fingerprint density at radius 2 is 1.00 bits per heavy atom. The van der Waals surface area contributed by atoms with Crippen molar-refractivity contribution in [3.05, 3.63) is 192 Å². The number of thiazole rings is 1. The van der Waals surface area contributed by atoms with Gasteiger partial charge in [0.05, 0.1) is 32.4 Å². The minimum atomic E-state index is -0.373. The molecule has 2 aromatic heterocycles. The van der Waals surface area contributed by atoms with Crippen molar-refractivity contribution in [3.63, 3.8) is 0 Å². The predicted molar refractivity (Wildman–Crippen MR) is 213 cm³/mol. The normalized spacial score (nSPS) is 13.6. The van der Waals surface area contributed by atoms with Crippen LogP contribution in [0.2, 0.25) is 0 Å². The van der Waals surface area contributed by atoms with Gasteiger partial charge in [0.1, 0.15) is 5.01 Å². The zero-order valence-corrected chi connectivity index (χ0v) is 28.3. The molecule has 2 aliphatic rings. The first kappa shape index (κ1) is 27.5. The molecule has 0 aliphatic heterocycles. The van der Waals surface area contributed by atoms with Crippen LogP contribution in [0, 0.1) is 0 Å². The Kier molecular flexibility index (Phi) is 5.35. The number of rotatable bonds is 2. The Hall–Kier alpha value is -6.29. The fourth-order valence-electron chi connectivity index (χ4n) is 9.47. The Morgan fingerprint density at radius 3 is 1.73 bits per heavy atom. The lowest BCUT2D eigenvalue weighted by Gasteiger charge is -2.30. The van der Waals surface area contributed by atoms with Crippen LogP contribution in [-0.4, -0.2) is 9.55 Å². The van der Waals surface area contributed by atoms with Crippen LogP contribution in [0.4, 0.5) is 0 Å². The molecular weight excluding hydrogens is 637 g/mol. The van der Waals surface area contributed by atoms with Crippen molar-refractivity contribution in [1.82, 2.24) is 9.55 Å². The molecule has 12 rings (SSSR count). The molecule has 0 bridgehead atoms. The number of para-hydroxylation sites is 2. The maximum absolute atomic E-state index is 5.06. The van der Waals surface area contributed by atoms with E-state index < -0.39 is 0 Å². The topological polar surface area (TPSA) is 17.8 Å². The van der Waals surface area contributed by atoms with E-state index in [1.54, 1.807) is 11.3 Å². The molecule has 2 heterocycles. The number of nitrogens with zero attached hydrogens (tertiary/aromatic N) is 2. The molecule has 0 atom stereocenters. The zero-order valence-electron chi connectivity index (χ0n) is 27.5. The summed E-state index contributed by atoms with van der Waals surface area (Å²) in [6, 6.07) is 63.0. The van der Waals surface area contributed by atoms with Gasteiger partial charge in [0, 0.05) is 21.7 Å². The summed E-state index contributed by atoms with van der Waals surface area (Å²) in [5.74, 6) is 0. The summed E-state index contributed by atoms with van der Waals surface area (Å²) in [5, 5.41) is 6.02. The van der Waals surface area contributed by atoms with E-state index in [1.165, 1.54) is 93.0 Å². The third kappa shape index (κ3) is 3.44. The molecule has 51 heavy (non-hydrogen) atoms. The summed E-state index contributed by atoms with van der Waals surface area (Å²) < 4.78 is 3.71. The van der Waals surface area contributed by atoms with Gasteiger partial charge in [-0.1, -0.05) is 127 Å². The lowest BCUT2D eigenvalue weighted by molar-refractivity contribution is 0.795. The van der Waals surface area contributed by atoms with E-state index >= 15 is 0 Å². The van der Waals surface area contributed by atoms with E-state index in [1.807, 2.05) is 0 Å². The maximum Gasteiger partial charge on any atom is 0.125 e. The second-order valence-corrected chi connectivity index (χ2v) is 14.8. The van der Waals surface area contributed by atoms with Crippen LogP contribution in [0.5, 0.6) is 0 Å². The molecule has 0 saturated carbocycles. The van der Waals surface area contributed by atoms with Crippen LogP contribution in [0.25, 0.3) is 81.3 Å². The molecule has 0 radical (unpaired) electrons. The van der Waals surface area contributed by atoms with Crippen molar-refractivity contribution in [3.8, 4) is 38.5 Å². The fraction of sp³-hybridized carbons (Fsp3) is 0.0208. The predicted octanol–water partition coefficient (Wildman–Crippen LogP) is 12.6. The summed E-state index contributed by atoms with van der Waals surface area (Å²) in [6.45, 7) is 0. The third-order valence-corrected chi connectivity index (χ3v) is 12.5. The van der Waals surface area contributed by atoms with E-state index in [9.17, 15) is 0 Å². The average Bonchev–Trinajstić information content (AvgIpc) is 3.92. The van der Waals surface area contributed by atoms with Gasteiger partial charge in [-0.2, -0.15) is 0 Å². The average molecular weight is 665 g/mol. The molecule has 2 aliphatic carbocycles. The Morgan fingerprint density at radius 1 is 0.412 bits per heavy atom. The van der Waals surface area contributed by atoms with Gasteiger partial charge in [-0.25, -0.2) is 4.98 Å². The first-order valence-electron chi connectivity index (χ1n) is 17.6. The summed E-state index contributed by atoms with van der Waals surface area (Å²) in [6.07, 6.45) is 0. The monoisotopic (exact) mass is 664 g/mol. The van der Waals surface area contributed by atoms with Gasteiger partial charge in [0.2, 0.25) is 0 Å². The Labute approximate surface area is 298 Å². The van der Waals surface area contributed by atoms with Crippen molar-refractivity contribution in [1.29, 1.82) is 0 Å². The van der Waals surface area contributed by atoms with Crippen molar-refractivity contribution >= 4 is 54.1 Å². The maximum atomic E-state index is 5.06. The van der Waals surface area contributed by atoms with Gasteiger partial charge in [-0.05, 0) is 92.4 Å². The molecule has 0 fully saturated rings. The van der Waals surface area contributed by atoms with Crippen molar-refractivity contribution < 1.29 is 0 Å². The van der Waals surface area contributed by atoms with Gasteiger partial charge < -0.3 is 4.57 Å². The highest BCUT2D eigenvalue weighted by Gasteiger charge is 2.51. The van der Waals surface area contributed by atoms with Crippen molar-refractivity contribution in [2.75, 3.05) is 0 Å². The van der Waals surface area contributed by atoms with Gasteiger partial charge in [-0.3, -0.25) is 0 Å². The molecule has 8 aromatic carbocycles. The Bertz CT molecular complexity index is 3030. The van der Waals surface area contributed by atoms with Crippen LogP contribution >= 0.6 is 11.3 Å². The number of hydrogen-bond donors (Lipinski definition) is 0. The molecule has 2 nitrogen and oxygen atoms in total. The summed E-state index contributed by atoms with van der Waals surface area (Å²) >= 11 is 1.76. The van der Waals surface area contributed by atoms with Gasteiger partial charge in [0.15, 0.2) is 0 Å². The standard InChI is InChI=1S/C48H28N2S/c1-2-17-33-29(13-1)35(47-49-42-22-10-12-24-46(42)51-47)25-26-44(33)50-43-23-11-6-18-34(43)37-27-41-36(28-45(37)50)32-16-5-9-21-40(32)48(41)38-19-7-3-14-30(38)31-15-4-8-20-39(31)48/h1-28H. The van der Waals surface area contributed by atoms with E-state index in [0.717, 1.165) is 10.5 Å². The Balaban J connectivity index is 1.18.